The topological polar surface area (TPSA) is 66.5 Å². The zero-order chi connectivity index (χ0) is 21.2. The lowest BCUT2D eigenvalue weighted by molar-refractivity contribution is -0.182. The van der Waals surface area contributed by atoms with Gasteiger partial charge in [-0.1, -0.05) is 36.4 Å². The van der Waals surface area contributed by atoms with Crippen molar-refractivity contribution in [1.29, 1.82) is 0 Å². The van der Waals surface area contributed by atoms with Gasteiger partial charge in [0.2, 0.25) is 5.91 Å². The van der Waals surface area contributed by atoms with Gasteiger partial charge in [-0.25, -0.2) is 8.42 Å². The predicted octanol–water partition coefficient (Wildman–Crippen LogP) is 3.34. The highest BCUT2D eigenvalue weighted by Crippen LogP contribution is 2.38. The Kier molecular flexibility index (Phi) is 6.00. The lowest BCUT2D eigenvalue weighted by Gasteiger charge is -2.20. The summed E-state index contributed by atoms with van der Waals surface area (Å²) in [7, 11) is -3.50. The maximum atomic E-state index is 13.6. The molecule has 1 aliphatic rings. The summed E-state index contributed by atoms with van der Waals surface area (Å²) in [4.78, 5) is 14.2. The number of carbonyl (C=O) groups excluding carboxylic acids is 1. The van der Waals surface area contributed by atoms with Crippen molar-refractivity contribution in [3.63, 3.8) is 0 Å². The standard InChI is InChI=1S/C20H21F3N2O3S/c1-29(27,28)16-9-5-8-15(10-16)24-19(26)17-12-25(13-18(17)20(21,22)23)11-14-6-3-2-4-7-14/h2-10,17-18H,11-13H2,1H3,(H,24,26)/t17-,18-/m0/s1. The Balaban J connectivity index is 1.77. The molecule has 0 aromatic heterocycles. The fourth-order valence-corrected chi connectivity index (χ4v) is 4.16. The Morgan fingerprint density at radius 1 is 1.10 bits per heavy atom. The number of rotatable bonds is 5. The second-order valence-corrected chi connectivity index (χ2v) is 9.24. The Bertz CT molecular complexity index is 978. The van der Waals surface area contributed by atoms with Crippen molar-refractivity contribution in [2.45, 2.75) is 17.6 Å². The first-order valence-electron chi connectivity index (χ1n) is 8.98. The maximum absolute atomic E-state index is 13.6. The summed E-state index contributed by atoms with van der Waals surface area (Å²) in [6.45, 7) is 0.0251. The van der Waals surface area contributed by atoms with Crippen LogP contribution in [0.3, 0.4) is 0 Å². The molecule has 2 atom stereocenters. The van der Waals surface area contributed by atoms with E-state index in [1.165, 1.54) is 24.3 Å². The van der Waals surface area contributed by atoms with Gasteiger partial charge in [0.1, 0.15) is 0 Å². The molecule has 3 rings (SSSR count). The van der Waals surface area contributed by atoms with Crippen molar-refractivity contribution in [1.82, 2.24) is 4.90 Å². The molecule has 1 heterocycles. The number of halogens is 3. The van der Waals surface area contributed by atoms with Crippen LogP contribution in [0.4, 0.5) is 18.9 Å². The molecule has 2 aromatic carbocycles. The van der Waals surface area contributed by atoms with Gasteiger partial charge in [-0.15, -0.1) is 0 Å². The van der Waals surface area contributed by atoms with Crippen LogP contribution in [-0.2, 0) is 21.2 Å². The molecule has 0 bridgehead atoms. The van der Waals surface area contributed by atoms with Crippen LogP contribution in [0.25, 0.3) is 0 Å². The summed E-state index contributed by atoms with van der Waals surface area (Å²) in [5.41, 5.74) is 1.02. The molecule has 0 aliphatic carbocycles. The second kappa shape index (κ2) is 8.16. The molecular weight excluding hydrogens is 405 g/mol. The first-order valence-corrected chi connectivity index (χ1v) is 10.9. The third-order valence-corrected chi connectivity index (χ3v) is 6.04. The molecule has 5 nitrogen and oxygen atoms in total. The molecule has 156 valence electrons. The highest BCUT2D eigenvalue weighted by Gasteiger charge is 2.52. The maximum Gasteiger partial charge on any atom is 0.393 e. The number of sulfone groups is 1. The lowest BCUT2D eigenvalue weighted by Crippen LogP contribution is -2.36. The molecule has 1 aliphatic heterocycles. The van der Waals surface area contributed by atoms with E-state index in [1.54, 1.807) is 4.90 Å². The monoisotopic (exact) mass is 426 g/mol. The summed E-state index contributed by atoms with van der Waals surface area (Å²) in [5.74, 6) is -3.83. The number of likely N-dealkylation sites (tertiary alicyclic amines) is 1. The van der Waals surface area contributed by atoms with Crippen molar-refractivity contribution < 1.29 is 26.4 Å². The third-order valence-electron chi connectivity index (χ3n) is 4.93. The minimum atomic E-state index is -4.51. The summed E-state index contributed by atoms with van der Waals surface area (Å²) < 4.78 is 64.0. The molecule has 1 amide bonds. The van der Waals surface area contributed by atoms with E-state index in [1.807, 2.05) is 30.3 Å². The van der Waals surface area contributed by atoms with Crippen LogP contribution in [0.5, 0.6) is 0 Å². The molecule has 0 unspecified atom stereocenters. The Labute approximate surface area is 167 Å². The number of nitrogens with one attached hydrogen (secondary N) is 1. The zero-order valence-corrected chi connectivity index (χ0v) is 16.5. The molecule has 1 fully saturated rings. The van der Waals surface area contributed by atoms with Gasteiger partial charge in [0, 0.05) is 31.6 Å². The molecule has 0 spiro atoms. The van der Waals surface area contributed by atoms with Gasteiger partial charge in [-0.2, -0.15) is 13.2 Å². The minimum absolute atomic E-state index is 0.0141. The van der Waals surface area contributed by atoms with Crippen LogP contribution in [0, 0.1) is 11.8 Å². The second-order valence-electron chi connectivity index (χ2n) is 7.22. The van der Waals surface area contributed by atoms with E-state index >= 15 is 0 Å². The van der Waals surface area contributed by atoms with Crippen molar-refractivity contribution >= 4 is 21.4 Å². The molecule has 0 radical (unpaired) electrons. The molecule has 1 saturated heterocycles. The number of benzene rings is 2. The van der Waals surface area contributed by atoms with E-state index in [0.29, 0.717) is 6.54 Å². The normalized spacial score (nSPS) is 20.6. The fourth-order valence-electron chi connectivity index (χ4n) is 3.49. The van der Waals surface area contributed by atoms with Crippen LogP contribution in [0.15, 0.2) is 59.5 Å². The molecule has 29 heavy (non-hydrogen) atoms. The third kappa shape index (κ3) is 5.36. The number of anilines is 1. The van der Waals surface area contributed by atoms with Crippen LogP contribution < -0.4 is 5.32 Å². The average Bonchev–Trinajstić information content (AvgIpc) is 3.06. The van der Waals surface area contributed by atoms with Gasteiger partial charge < -0.3 is 5.32 Å². The molecule has 1 N–H and O–H groups in total. The van der Waals surface area contributed by atoms with Gasteiger partial charge in [0.05, 0.1) is 16.7 Å². The molecule has 0 saturated carbocycles. The van der Waals surface area contributed by atoms with E-state index in [0.717, 1.165) is 11.8 Å². The van der Waals surface area contributed by atoms with Crippen LogP contribution >= 0.6 is 0 Å². The Hall–Kier alpha value is -2.39. The van der Waals surface area contributed by atoms with Crippen molar-refractivity contribution in [3.8, 4) is 0 Å². The van der Waals surface area contributed by atoms with Gasteiger partial charge in [-0.3, -0.25) is 9.69 Å². The van der Waals surface area contributed by atoms with E-state index in [4.69, 9.17) is 0 Å². The number of carbonyl (C=O) groups is 1. The highest BCUT2D eigenvalue weighted by molar-refractivity contribution is 7.90. The minimum Gasteiger partial charge on any atom is -0.326 e. The Morgan fingerprint density at radius 2 is 1.79 bits per heavy atom. The van der Waals surface area contributed by atoms with Gasteiger partial charge in [-0.05, 0) is 23.8 Å². The zero-order valence-electron chi connectivity index (χ0n) is 15.7. The SMILES string of the molecule is CS(=O)(=O)c1cccc(NC(=O)[C@H]2CN(Cc3ccccc3)C[C@@H]2C(F)(F)F)c1. The summed E-state index contributed by atoms with van der Waals surface area (Å²) in [5, 5.41) is 2.45. The van der Waals surface area contributed by atoms with E-state index in [2.05, 4.69) is 5.32 Å². The van der Waals surface area contributed by atoms with Crippen molar-refractivity contribution in [2.75, 3.05) is 24.7 Å². The first kappa shape index (κ1) is 21.3. The largest absolute Gasteiger partial charge is 0.393 e. The molecule has 2 aromatic rings. The van der Waals surface area contributed by atoms with Crippen LogP contribution in [-0.4, -0.2) is 44.7 Å². The van der Waals surface area contributed by atoms with Crippen LogP contribution in [0.1, 0.15) is 5.56 Å². The van der Waals surface area contributed by atoms with Gasteiger partial charge in [0.15, 0.2) is 9.84 Å². The summed E-state index contributed by atoms with van der Waals surface area (Å²) in [6.07, 6.45) is -3.49. The fraction of sp³-hybridized carbons (Fsp3) is 0.350. The number of amides is 1. The number of hydrogen-bond acceptors (Lipinski definition) is 4. The van der Waals surface area contributed by atoms with E-state index < -0.39 is 33.8 Å². The van der Waals surface area contributed by atoms with Gasteiger partial charge in [0.25, 0.3) is 0 Å². The van der Waals surface area contributed by atoms with E-state index in [-0.39, 0.29) is 23.7 Å². The number of nitrogens with zero attached hydrogens (tertiary/aromatic N) is 1. The first-order chi connectivity index (χ1) is 13.5. The lowest BCUT2D eigenvalue weighted by atomic mass is 9.94. The Morgan fingerprint density at radius 3 is 2.41 bits per heavy atom. The summed E-state index contributed by atoms with van der Waals surface area (Å²) >= 11 is 0. The van der Waals surface area contributed by atoms with Crippen molar-refractivity contribution in [2.24, 2.45) is 11.8 Å². The van der Waals surface area contributed by atoms with Crippen molar-refractivity contribution in [3.05, 3.63) is 60.2 Å². The predicted molar refractivity (Wildman–Crippen MR) is 103 cm³/mol. The molecular formula is C20H21F3N2O3S. The number of hydrogen-bond donors (Lipinski definition) is 1. The number of alkyl halides is 3. The molecule has 9 heteroatoms. The van der Waals surface area contributed by atoms with E-state index in [9.17, 15) is 26.4 Å². The van der Waals surface area contributed by atoms with Crippen LogP contribution in [0.2, 0.25) is 0 Å². The average molecular weight is 426 g/mol. The smallest absolute Gasteiger partial charge is 0.326 e. The highest BCUT2D eigenvalue weighted by atomic mass is 32.2. The van der Waals surface area contributed by atoms with Gasteiger partial charge >= 0.3 is 6.18 Å². The quantitative estimate of drug-likeness (QED) is 0.797. The summed E-state index contributed by atoms with van der Waals surface area (Å²) in [6, 6.07) is 14.6.